The number of aliphatic hydroxyl groups excluding tert-OH is 1. The number of rotatable bonds is 8. The normalized spacial score (nSPS) is 11.1. The van der Waals surface area contributed by atoms with E-state index in [4.69, 9.17) is 0 Å². The first-order valence-corrected chi connectivity index (χ1v) is 10.1. The molecular formula is C21H25N3O2S. The molecule has 2 heterocycles. The second kappa shape index (κ2) is 8.97. The van der Waals surface area contributed by atoms with E-state index in [2.05, 4.69) is 5.10 Å². The van der Waals surface area contributed by atoms with E-state index in [1.807, 2.05) is 72.8 Å². The van der Waals surface area contributed by atoms with Crippen LogP contribution in [0.25, 0.3) is 5.69 Å². The van der Waals surface area contributed by atoms with Crippen molar-refractivity contribution in [2.75, 3.05) is 6.61 Å². The number of nitrogens with zero attached hydrogens (tertiary/aromatic N) is 3. The molecule has 5 nitrogen and oxygen atoms in total. The highest BCUT2D eigenvalue weighted by Crippen LogP contribution is 2.20. The number of hydrogen-bond acceptors (Lipinski definition) is 4. The van der Waals surface area contributed by atoms with Gasteiger partial charge in [0.25, 0.3) is 5.91 Å². The molecule has 2 aromatic heterocycles. The Bertz CT molecular complexity index is 857. The first-order chi connectivity index (χ1) is 13.1. The van der Waals surface area contributed by atoms with Crippen molar-refractivity contribution < 1.29 is 9.90 Å². The molecule has 27 heavy (non-hydrogen) atoms. The number of aryl methyl sites for hydroxylation is 1. The van der Waals surface area contributed by atoms with E-state index in [-0.39, 0.29) is 18.6 Å². The van der Waals surface area contributed by atoms with Crippen LogP contribution in [0.1, 0.15) is 41.2 Å². The molecule has 3 rings (SSSR count). The Balaban J connectivity index is 1.94. The van der Waals surface area contributed by atoms with Gasteiger partial charge in [0.2, 0.25) is 0 Å². The van der Waals surface area contributed by atoms with E-state index in [0.29, 0.717) is 25.1 Å². The molecule has 3 aromatic rings. The number of amides is 1. The summed E-state index contributed by atoms with van der Waals surface area (Å²) >= 11 is 1.65. The van der Waals surface area contributed by atoms with Crippen molar-refractivity contribution in [3.05, 3.63) is 70.2 Å². The molecule has 6 heteroatoms. The number of carbonyl (C=O) groups excluding carboxylic acids is 1. The van der Waals surface area contributed by atoms with E-state index in [1.165, 1.54) is 0 Å². The van der Waals surface area contributed by atoms with Gasteiger partial charge in [-0.2, -0.15) is 5.10 Å². The molecule has 142 valence electrons. The third-order valence-electron chi connectivity index (χ3n) is 4.41. The van der Waals surface area contributed by atoms with Gasteiger partial charge in [0.1, 0.15) is 0 Å². The van der Waals surface area contributed by atoms with Crippen LogP contribution in [0.15, 0.2) is 54.0 Å². The minimum Gasteiger partial charge on any atom is -0.396 e. The molecule has 0 aliphatic heterocycles. The summed E-state index contributed by atoms with van der Waals surface area (Å²) in [5.74, 6) is -0.0685. The lowest BCUT2D eigenvalue weighted by Gasteiger charge is -2.26. The summed E-state index contributed by atoms with van der Waals surface area (Å²) in [6.07, 6.45) is 3.13. The molecule has 0 aliphatic carbocycles. The Morgan fingerprint density at radius 2 is 2.00 bits per heavy atom. The minimum absolute atomic E-state index is 0.0622. The summed E-state index contributed by atoms with van der Waals surface area (Å²) in [4.78, 5) is 16.3. The van der Waals surface area contributed by atoms with Crippen molar-refractivity contribution in [2.45, 2.75) is 39.3 Å². The van der Waals surface area contributed by atoms with Gasteiger partial charge in [0, 0.05) is 29.3 Å². The summed E-state index contributed by atoms with van der Waals surface area (Å²) in [6.45, 7) is 4.71. The maximum Gasteiger partial charge on any atom is 0.275 e. The molecule has 0 atom stereocenters. The average Bonchev–Trinajstić information content (AvgIpc) is 3.34. The molecule has 1 N–H and O–H groups in total. The summed E-state index contributed by atoms with van der Waals surface area (Å²) in [7, 11) is 0. The Morgan fingerprint density at radius 1 is 1.22 bits per heavy atom. The lowest BCUT2D eigenvalue weighted by Crippen LogP contribution is -2.37. The standard InChI is InChI=1S/C21H25N3O2S/c1-16(2)23(15-19-11-7-13-27-19)21(26)20-17(8-6-12-25)14-24(22-20)18-9-4-3-5-10-18/h3-5,7,9-11,13-14,16,25H,6,8,12,15H2,1-2H3. The zero-order valence-electron chi connectivity index (χ0n) is 15.7. The fourth-order valence-corrected chi connectivity index (χ4v) is 3.65. The van der Waals surface area contributed by atoms with Crippen LogP contribution in [0.5, 0.6) is 0 Å². The van der Waals surface area contributed by atoms with Crippen LogP contribution >= 0.6 is 11.3 Å². The van der Waals surface area contributed by atoms with Gasteiger partial charge in [-0.1, -0.05) is 24.3 Å². The third kappa shape index (κ3) is 4.64. The van der Waals surface area contributed by atoms with Crippen LogP contribution in [-0.2, 0) is 13.0 Å². The van der Waals surface area contributed by atoms with Crippen LogP contribution < -0.4 is 0 Å². The zero-order valence-corrected chi connectivity index (χ0v) is 16.5. The van der Waals surface area contributed by atoms with Gasteiger partial charge in [-0.05, 0) is 50.3 Å². The molecule has 0 spiro atoms. The summed E-state index contributed by atoms with van der Waals surface area (Å²) in [5.41, 5.74) is 2.25. The molecule has 0 saturated carbocycles. The van der Waals surface area contributed by atoms with Crippen LogP contribution in [-0.4, -0.2) is 38.3 Å². The monoisotopic (exact) mass is 383 g/mol. The Kier molecular flexibility index (Phi) is 6.42. The maximum atomic E-state index is 13.3. The number of aliphatic hydroxyl groups is 1. The largest absolute Gasteiger partial charge is 0.396 e. The molecule has 1 amide bonds. The van der Waals surface area contributed by atoms with E-state index < -0.39 is 0 Å². The van der Waals surface area contributed by atoms with Gasteiger partial charge in [0.15, 0.2) is 5.69 Å². The highest BCUT2D eigenvalue weighted by molar-refractivity contribution is 7.09. The van der Waals surface area contributed by atoms with Crippen molar-refractivity contribution in [1.82, 2.24) is 14.7 Å². The van der Waals surface area contributed by atoms with Gasteiger partial charge in [-0.15, -0.1) is 11.3 Å². The Morgan fingerprint density at radius 3 is 2.63 bits per heavy atom. The average molecular weight is 384 g/mol. The predicted octanol–water partition coefficient (Wildman–Crippen LogP) is 3.91. The summed E-state index contributed by atoms with van der Waals surface area (Å²) in [6, 6.07) is 13.9. The van der Waals surface area contributed by atoms with Crippen molar-refractivity contribution in [3.8, 4) is 5.69 Å². The highest BCUT2D eigenvalue weighted by atomic mass is 32.1. The van der Waals surface area contributed by atoms with E-state index in [0.717, 1.165) is 16.1 Å². The molecule has 1 aromatic carbocycles. The molecular weight excluding hydrogens is 358 g/mol. The Hall–Kier alpha value is -2.44. The van der Waals surface area contributed by atoms with Gasteiger partial charge >= 0.3 is 0 Å². The van der Waals surface area contributed by atoms with Crippen LogP contribution in [0, 0.1) is 0 Å². The lowest BCUT2D eigenvalue weighted by atomic mass is 10.1. The van der Waals surface area contributed by atoms with E-state index in [9.17, 15) is 9.90 Å². The van der Waals surface area contributed by atoms with Crippen molar-refractivity contribution in [3.63, 3.8) is 0 Å². The van der Waals surface area contributed by atoms with E-state index >= 15 is 0 Å². The topological polar surface area (TPSA) is 58.4 Å². The van der Waals surface area contributed by atoms with Gasteiger partial charge in [0.05, 0.1) is 12.2 Å². The second-order valence-corrected chi connectivity index (χ2v) is 7.75. The number of benzene rings is 1. The molecule has 0 saturated heterocycles. The molecule has 0 aliphatic rings. The van der Waals surface area contributed by atoms with Crippen molar-refractivity contribution in [1.29, 1.82) is 0 Å². The number of para-hydroxylation sites is 1. The fraction of sp³-hybridized carbons (Fsp3) is 0.333. The summed E-state index contributed by atoms with van der Waals surface area (Å²) < 4.78 is 1.75. The number of thiophene rings is 1. The predicted molar refractivity (Wildman–Crippen MR) is 108 cm³/mol. The summed E-state index contributed by atoms with van der Waals surface area (Å²) in [5, 5.41) is 15.9. The van der Waals surface area contributed by atoms with Crippen LogP contribution in [0.4, 0.5) is 0 Å². The molecule has 0 fully saturated rings. The van der Waals surface area contributed by atoms with Gasteiger partial charge in [-0.25, -0.2) is 4.68 Å². The van der Waals surface area contributed by atoms with Gasteiger partial charge in [-0.3, -0.25) is 4.79 Å². The maximum absolute atomic E-state index is 13.3. The second-order valence-electron chi connectivity index (χ2n) is 6.72. The third-order valence-corrected chi connectivity index (χ3v) is 5.27. The molecule has 0 bridgehead atoms. The molecule has 0 radical (unpaired) electrons. The Labute approximate surface area is 163 Å². The smallest absolute Gasteiger partial charge is 0.275 e. The first-order valence-electron chi connectivity index (χ1n) is 9.18. The first kappa shape index (κ1) is 19.3. The zero-order chi connectivity index (χ0) is 19.2. The lowest BCUT2D eigenvalue weighted by molar-refractivity contribution is 0.0684. The number of hydrogen-bond donors (Lipinski definition) is 1. The van der Waals surface area contributed by atoms with Crippen LogP contribution in [0.2, 0.25) is 0 Å². The highest BCUT2D eigenvalue weighted by Gasteiger charge is 2.25. The van der Waals surface area contributed by atoms with Crippen molar-refractivity contribution >= 4 is 17.2 Å². The van der Waals surface area contributed by atoms with Gasteiger partial charge < -0.3 is 10.0 Å². The number of aromatic nitrogens is 2. The van der Waals surface area contributed by atoms with Crippen molar-refractivity contribution in [2.24, 2.45) is 0 Å². The minimum atomic E-state index is -0.0685. The van der Waals surface area contributed by atoms with Crippen LogP contribution in [0.3, 0.4) is 0 Å². The fourth-order valence-electron chi connectivity index (χ4n) is 2.95. The SMILES string of the molecule is CC(C)N(Cc1cccs1)C(=O)c1nn(-c2ccccc2)cc1CCCO. The van der Waals surface area contributed by atoms with E-state index in [1.54, 1.807) is 16.0 Å². The molecule has 0 unspecified atom stereocenters. The number of carbonyl (C=O) groups is 1. The quantitative estimate of drug-likeness (QED) is 0.642.